The number of amides is 1. The minimum absolute atomic E-state index is 0.0385. The second-order valence-electron chi connectivity index (χ2n) is 6.36. The van der Waals surface area contributed by atoms with Gasteiger partial charge in [0.15, 0.2) is 5.13 Å². The van der Waals surface area contributed by atoms with Gasteiger partial charge in [-0.05, 0) is 37.6 Å². The summed E-state index contributed by atoms with van der Waals surface area (Å²) in [4.78, 5) is 30.8. The Kier molecular flexibility index (Phi) is 6.70. The van der Waals surface area contributed by atoms with Crippen LogP contribution in [0.3, 0.4) is 0 Å². The van der Waals surface area contributed by atoms with Gasteiger partial charge in [-0.3, -0.25) is 14.5 Å². The maximum atomic E-state index is 13.1. The minimum atomic E-state index is -0.283. The van der Waals surface area contributed by atoms with Crippen LogP contribution in [-0.4, -0.2) is 35.5 Å². The lowest BCUT2D eigenvalue weighted by atomic mass is 10.1. The first kappa shape index (κ1) is 20.4. The van der Waals surface area contributed by atoms with Gasteiger partial charge in [-0.1, -0.05) is 41.2 Å². The van der Waals surface area contributed by atoms with Gasteiger partial charge in [-0.2, -0.15) is 0 Å². The Morgan fingerprint density at radius 3 is 2.68 bits per heavy atom. The summed E-state index contributed by atoms with van der Waals surface area (Å²) in [6.07, 6.45) is 0.310. The van der Waals surface area contributed by atoms with E-state index in [2.05, 4.69) is 15.8 Å². The quantitative estimate of drug-likeness (QED) is 0.408. The molecule has 0 unspecified atom stereocenters. The normalized spacial score (nSPS) is 10.8. The number of esters is 1. The van der Waals surface area contributed by atoms with E-state index >= 15 is 0 Å². The number of nitrogens with zero attached hydrogens (tertiary/aromatic N) is 2. The van der Waals surface area contributed by atoms with Gasteiger partial charge in [0.2, 0.25) is 5.91 Å². The van der Waals surface area contributed by atoms with Gasteiger partial charge in [-0.25, -0.2) is 4.98 Å². The monoisotopic (exact) mass is 414 g/mol. The number of methoxy groups -OCH3 is 1. The first-order valence-electron chi connectivity index (χ1n) is 8.90. The Morgan fingerprint density at radius 2 is 1.96 bits per heavy atom. The van der Waals surface area contributed by atoms with Crippen LogP contribution in [0.2, 0.25) is 0 Å². The molecule has 1 amide bonds. The maximum absolute atomic E-state index is 13.1. The van der Waals surface area contributed by atoms with Crippen LogP contribution in [0, 0.1) is 13.8 Å². The number of ether oxygens (including phenoxy) is 1. The fourth-order valence-electron chi connectivity index (χ4n) is 2.84. The maximum Gasteiger partial charge on any atom is 0.315 e. The van der Waals surface area contributed by atoms with Crippen LogP contribution in [0.5, 0.6) is 0 Å². The number of thioether (sulfide) groups is 1. The zero-order valence-electron chi connectivity index (χ0n) is 16.1. The fraction of sp³-hybridized carbons (Fsp3) is 0.286. The lowest BCUT2D eigenvalue weighted by molar-refractivity contribution is -0.137. The molecule has 0 aliphatic carbocycles. The molecule has 7 heteroatoms. The molecule has 0 saturated carbocycles. The van der Waals surface area contributed by atoms with E-state index in [0.29, 0.717) is 17.3 Å². The molecule has 0 fully saturated rings. The number of anilines is 2. The van der Waals surface area contributed by atoms with Crippen LogP contribution in [-0.2, 0) is 14.3 Å². The van der Waals surface area contributed by atoms with E-state index in [4.69, 9.17) is 0 Å². The van der Waals surface area contributed by atoms with Crippen LogP contribution in [0.25, 0.3) is 10.2 Å². The molecule has 5 nitrogen and oxygen atoms in total. The minimum Gasteiger partial charge on any atom is -0.468 e. The largest absolute Gasteiger partial charge is 0.468 e. The fourth-order valence-corrected chi connectivity index (χ4v) is 4.59. The van der Waals surface area contributed by atoms with E-state index in [1.54, 1.807) is 4.90 Å². The van der Waals surface area contributed by atoms with Crippen molar-refractivity contribution in [2.75, 3.05) is 23.5 Å². The zero-order chi connectivity index (χ0) is 20.1. The summed E-state index contributed by atoms with van der Waals surface area (Å²) in [5.74, 6) is 0.465. The number of aryl methyl sites for hydroxylation is 2. The Morgan fingerprint density at radius 1 is 1.18 bits per heavy atom. The number of rotatable bonds is 7. The predicted octanol–water partition coefficient (Wildman–Crippen LogP) is 4.87. The second kappa shape index (κ2) is 9.21. The molecule has 2 aromatic carbocycles. The Labute approximate surface area is 172 Å². The van der Waals surface area contributed by atoms with Crippen LogP contribution in [0.4, 0.5) is 10.8 Å². The topological polar surface area (TPSA) is 59.5 Å². The number of hydrogen-bond acceptors (Lipinski definition) is 6. The summed E-state index contributed by atoms with van der Waals surface area (Å²) < 4.78 is 5.68. The summed E-state index contributed by atoms with van der Waals surface area (Å²) >= 11 is 2.90. The van der Waals surface area contributed by atoms with Crippen molar-refractivity contribution < 1.29 is 14.3 Å². The molecule has 1 heterocycles. The molecule has 0 aliphatic heterocycles. The van der Waals surface area contributed by atoms with Crippen molar-refractivity contribution in [3.8, 4) is 0 Å². The summed E-state index contributed by atoms with van der Waals surface area (Å²) in [5, 5.41) is 0.663. The molecule has 0 atom stereocenters. The number of aromatic nitrogens is 1. The van der Waals surface area contributed by atoms with E-state index in [-0.39, 0.29) is 17.6 Å². The summed E-state index contributed by atoms with van der Waals surface area (Å²) in [5.41, 5.74) is 3.89. The number of benzene rings is 2. The number of carbonyl (C=O) groups is 2. The first-order valence-corrected chi connectivity index (χ1v) is 10.9. The van der Waals surface area contributed by atoms with Crippen LogP contribution >= 0.6 is 23.1 Å². The predicted molar refractivity (Wildman–Crippen MR) is 117 cm³/mol. The molecule has 3 rings (SSSR count). The number of fused-ring (bicyclic) bond motifs is 1. The molecule has 3 aromatic rings. The van der Waals surface area contributed by atoms with E-state index < -0.39 is 0 Å². The van der Waals surface area contributed by atoms with Crippen molar-refractivity contribution in [3.63, 3.8) is 0 Å². The molecule has 0 bridgehead atoms. The molecular weight excluding hydrogens is 392 g/mol. The van der Waals surface area contributed by atoms with Gasteiger partial charge >= 0.3 is 5.97 Å². The van der Waals surface area contributed by atoms with Crippen LogP contribution in [0.15, 0.2) is 42.5 Å². The standard InChI is InChI=1S/C21H22N2O3S2/c1-14-8-9-17(15(2)12-14)23(19(24)10-11-27-13-20(25)26-3)21-22-16-6-4-5-7-18(16)28-21/h4-9,12H,10-11,13H2,1-3H3. The van der Waals surface area contributed by atoms with Crippen molar-refractivity contribution in [1.82, 2.24) is 4.98 Å². The Balaban J connectivity index is 1.88. The van der Waals surface area contributed by atoms with Crippen LogP contribution in [0.1, 0.15) is 17.5 Å². The molecule has 0 radical (unpaired) electrons. The lowest BCUT2D eigenvalue weighted by Gasteiger charge is -2.22. The molecule has 0 aliphatic rings. The van der Waals surface area contributed by atoms with Gasteiger partial charge < -0.3 is 4.74 Å². The van der Waals surface area contributed by atoms with E-state index in [1.165, 1.54) is 30.2 Å². The highest BCUT2D eigenvalue weighted by molar-refractivity contribution is 7.99. The van der Waals surface area contributed by atoms with Crippen molar-refractivity contribution in [3.05, 3.63) is 53.6 Å². The lowest BCUT2D eigenvalue weighted by Crippen LogP contribution is -2.27. The van der Waals surface area contributed by atoms with E-state index in [0.717, 1.165) is 27.0 Å². The third-order valence-electron chi connectivity index (χ3n) is 4.22. The Bertz CT molecular complexity index is 967. The van der Waals surface area contributed by atoms with Gasteiger partial charge in [0.05, 0.1) is 28.8 Å². The molecule has 28 heavy (non-hydrogen) atoms. The summed E-state index contributed by atoms with van der Waals surface area (Å²) in [6.45, 7) is 4.03. The number of para-hydroxylation sites is 1. The number of thiazole rings is 1. The van der Waals surface area contributed by atoms with Crippen molar-refractivity contribution >= 4 is 56.0 Å². The smallest absolute Gasteiger partial charge is 0.315 e. The van der Waals surface area contributed by atoms with Crippen LogP contribution < -0.4 is 4.90 Å². The number of carbonyl (C=O) groups excluding carboxylic acids is 2. The first-order chi connectivity index (χ1) is 13.5. The van der Waals surface area contributed by atoms with Crippen molar-refractivity contribution in [1.29, 1.82) is 0 Å². The van der Waals surface area contributed by atoms with Crippen molar-refractivity contribution in [2.24, 2.45) is 0 Å². The highest BCUT2D eigenvalue weighted by Gasteiger charge is 2.23. The molecular formula is C21H22N2O3S2. The Hall–Kier alpha value is -2.38. The average Bonchev–Trinajstić information content (AvgIpc) is 3.10. The van der Waals surface area contributed by atoms with E-state index in [9.17, 15) is 9.59 Å². The van der Waals surface area contributed by atoms with Gasteiger partial charge in [-0.15, -0.1) is 11.8 Å². The summed E-state index contributed by atoms with van der Waals surface area (Å²) in [7, 11) is 1.36. The van der Waals surface area contributed by atoms with Gasteiger partial charge in [0.25, 0.3) is 0 Å². The molecule has 1 aromatic heterocycles. The highest BCUT2D eigenvalue weighted by atomic mass is 32.2. The summed E-state index contributed by atoms with van der Waals surface area (Å²) in [6, 6.07) is 13.9. The third-order valence-corrected chi connectivity index (χ3v) is 6.18. The van der Waals surface area contributed by atoms with Crippen molar-refractivity contribution in [2.45, 2.75) is 20.3 Å². The van der Waals surface area contributed by atoms with E-state index in [1.807, 2.05) is 50.2 Å². The number of hydrogen-bond donors (Lipinski definition) is 0. The van der Waals surface area contributed by atoms with Gasteiger partial charge in [0.1, 0.15) is 0 Å². The molecule has 146 valence electrons. The highest BCUT2D eigenvalue weighted by Crippen LogP contribution is 2.35. The SMILES string of the molecule is COC(=O)CSCCC(=O)N(c1nc2ccccc2s1)c1ccc(C)cc1C. The molecule has 0 N–H and O–H groups in total. The second-order valence-corrected chi connectivity index (χ2v) is 8.48. The third kappa shape index (κ3) is 4.72. The van der Waals surface area contributed by atoms with Gasteiger partial charge in [0, 0.05) is 12.2 Å². The molecule has 0 spiro atoms. The molecule has 0 saturated heterocycles. The average molecular weight is 415 g/mol. The zero-order valence-corrected chi connectivity index (χ0v) is 17.7.